The fourth-order valence-electron chi connectivity index (χ4n) is 1.46. The summed E-state index contributed by atoms with van der Waals surface area (Å²) >= 11 is 3.36. The summed E-state index contributed by atoms with van der Waals surface area (Å²) in [6.45, 7) is 4.03. The molecule has 1 aromatic carbocycles. The van der Waals surface area contributed by atoms with Crippen molar-refractivity contribution in [3.8, 4) is 0 Å². The molecule has 1 rings (SSSR count). The van der Waals surface area contributed by atoms with Gasteiger partial charge in [0.15, 0.2) is 0 Å². The second-order valence-corrected chi connectivity index (χ2v) is 5.23. The molecule has 90 valence electrons. The monoisotopic (exact) mass is 294 g/mol. The highest BCUT2D eigenvalue weighted by molar-refractivity contribution is 9.09. The van der Waals surface area contributed by atoms with Crippen LogP contribution >= 0.6 is 15.9 Å². The van der Waals surface area contributed by atoms with Gasteiger partial charge in [-0.3, -0.25) is 0 Å². The van der Waals surface area contributed by atoms with E-state index < -0.39 is 11.7 Å². The highest BCUT2D eigenvalue weighted by atomic mass is 79.9. The van der Waals surface area contributed by atoms with Crippen LogP contribution < -0.4 is 0 Å². The molecule has 4 heteroatoms. The van der Waals surface area contributed by atoms with E-state index in [-0.39, 0.29) is 5.41 Å². The molecule has 0 aromatic heterocycles. The third-order valence-corrected chi connectivity index (χ3v) is 3.82. The van der Waals surface area contributed by atoms with E-state index in [9.17, 15) is 13.2 Å². The van der Waals surface area contributed by atoms with Crippen molar-refractivity contribution in [1.29, 1.82) is 0 Å². The SMILES string of the molecule is CC(C)(CBr)Cc1cccc(C(F)(F)F)c1. The lowest BCUT2D eigenvalue weighted by Gasteiger charge is -2.22. The van der Waals surface area contributed by atoms with Crippen LogP contribution in [0.15, 0.2) is 24.3 Å². The molecular weight excluding hydrogens is 281 g/mol. The maximum atomic E-state index is 12.5. The van der Waals surface area contributed by atoms with E-state index in [0.717, 1.165) is 17.0 Å². The predicted molar refractivity (Wildman–Crippen MR) is 62.7 cm³/mol. The van der Waals surface area contributed by atoms with Crippen LogP contribution in [-0.4, -0.2) is 5.33 Å². The van der Waals surface area contributed by atoms with Crippen LogP contribution in [-0.2, 0) is 12.6 Å². The molecule has 1 aromatic rings. The zero-order valence-electron chi connectivity index (χ0n) is 9.24. The number of alkyl halides is 4. The first-order valence-corrected chi connectivity index (χ1v) is 6.09. The number of benzene rings is 1. The largest absolute Gasteiger partial charge is 0.416 e. The van der Waals surface area contributed by atoms with Crippen molar-refractivity contribution in [3.63, 3.8) is 0 Å². The Morgan fingerprint density at radius 2 is 1.81 bits per heavy atom. The van der Waals surface area contributed by atoms with Crippen LogP contribution in [0.4, 0.5) is 13.2 Å². The molecule has 0 bridgehead atoms. The van der Waals surface area contributed by atoms with Gasteiger partial charge in [0.05, 0.1) is 5.56 Å². The Hall–Kier alpha value is -0.510. The molecule has 0 nitrogen and oxygen atoms in total. The Labute approximate surface area is 102 Å². The average molecular weight is 295 g/mol. The first kappa shape index (κ1) is 13.6. The first-order valence-electron chi connectivity index (χ1n) is 4.97. The summed E-state index contributed by atoms with van der Waals surface area (Å²) in [6, 6.07) is 5.52. The van der Waals surface area contributed by atoms with Crippen molar-refractivity contribution >= 4 is 15.9 Å². The highest BCUT2D eigenvalue weighted by Gasteiger charge is 2.30. The molecule has 0 fully saturated rings. The summed E-state index contributed by atoms with van der Waals surface area (Å²) in [5, 5.41) is 0.760. The quantitative estimate of drug-likeness (QED) is 0.711. The Balaban J connectivity index is 2.92. The zero-order valence-corrected chi connectivity index (χ0v) is 10.8. The molecule has 0 aliphatic heterocycles. The second-order valence-electron chi connectivity index (χ2n) is 4.67. The Morgan fingerprint density at radius 3 is 2.31 bits per heavy atom. The summed E-state index contributed by atoms with van der Waals surface area (Å²) < 4.78 is 37.4. The van der Waals surface area contributed by atoms with Gasteiger partial charge >= 0.3 is 6.18 Å². The average Bonchev–Trinajstić information content (AvgIpc) is 2.16. The van der Waals surface area contributed by atoms with E-state index in [2.05, 4.69) is 15.9 Å². The summed E-state index contributed by atoms with van der Waals surface area (Å²) in [7, 11) is 0. The molecule has 0 radical (unpaired) electrons. The lowest BCUT2D eigenvalue weighted by molar-refractivity contribution is -0.137. The van der Waals surface area contributed by atoms with Gasteiger partial charge in [0.2, 0.25) is 0 Å². The molecule has 0 aliphatic carbocycles. The van der Waals surface area contributed by atoms with Gasteiger partial charge in [-0.1, -0.05) is 48.0 Å². The smallest absolute Gasteiger partial charge is 0.166 e. The first-order chi connectivity index (χ1) is 7.24. The van der Waals surface area contributed by atoms with Gasteiger partial charge in [0, 0.05) is 5.33 Å². The van der Waals surface area contributed by atoms with Crippen molar-refractivity contribution in [1.82, 2.24) is 0 Å². The van der Waals surface area contributed by atoms with E-state index in [1.807, 2.05) is 13.8 Å². The van der Waals surface area contributed by atoms with Gasteiger partial charge < -0.3 is 0 Å². The van der Waals surface area contributed by atoms with E-state index >= 15 is 0 Å². The minimum Gasteiger partial charge on any atom is -0.166 e. The third kappa shape index (κ3) is 3.81. The number of hydrogen-bond acceptors (Lipinski definition) is 0. The molecule has 0 spiro atoms. The van der Waals surface area contributed by atoms with Crippen LogP contribution in [0, 0.1) is 5.41 Å². The maximum Gasteiger partial charge on any atom is 0.416 e. The normalized spacial score (nSPS) is 12.9. The van der Waals surface area contributed by atoms with E-state index in [1.165, 1.54) is 12.1 Å². The fraction of sp³-hybridized carbons (Fsp3) is 0.500. The summed E-state index contributed by atoms with van der Waals surface area (Å²) in [4.78, 5) is 0. The van der Waals surface area contributed by atoms with Crippen molar-refractivity contribution < 1.29 is 13.2 Å². The zero-order chi connectivity index (χ0) is 12.4. The summed E-state index contributed by atoms with van der Waals surface area (Å²) in [5.74, 6) is 0. The van der Waals surface area contributed by atoms with E-state index in [1.54, 1.807) is 6.07 Å². The van der Waals surface area contributed by atoms with Crippen LogP contribution in [0.25, 0.3) is 0 Å². The maximum absolute atomic E-state index is 12.5. The number of halogens is 4. The highest BCUT2D eigenvalue weighted by Crippen LogP contribution is 2.31. The van der Waals surface area contributed by atoms with Gasteiger partial charge in [-0.25, -0.2) is 0 Å². The van der Waals surface area contributed by atoms with Crippen LogP contribution in [0.1, 0.15) is 25.0 Å². The fourth-order valence-corrected chi connectivity index (χ4v) is 1.66. The van der Waals surface area contributed by atoms with Gasteiger partial charge in [-0.05, 0) is 23.5 Å². The lowest BCUT2D eigenvalue weighted by atomic mass is 9.87. The summed E-state index contributed by atoms with van der Waals surface area (Å²) in [6.07, 6.45) is -3.63. The van der Waals surface area contributed by atoms with Crippen LogP contribution in [0.2, 0.25) is 0 Å². The topological polar surface area (TPSA) is 0 Å². The predicted octanol–water partition coefficient (Wildman–Crippen LogP) is 4.67. The van der Waals surface area contributed by atoms with E-state index in [0.29, 0.717) is 6.42 Å². The molecule has 0 saturated heterocycles. The molecule has 0 unspecified atom stereocenters. The Morgan fingerprint density at radius 1 is 1.19 bits per heavy atom. The Bertz CT molecular complexity index is 356. The third-order valence-electron chi connectivity index (χ3n) is 2.30. The molecule has 0 amide bonds. The molecule has 0 heterocycles. The van der Waals surface area contributed by atoms with E-state index in [4.69, 9.17) is 0 Å². The van der Waals surface area contributed by atoms with Crippen molar-refractivity contribution in [2.75, 3.05) is 5.33 Å². The van der Waals surface area contributed by atoms with Gasteiger partial charge in [-0.2, -0.15) is 13.2 Å². The molecule has 0 aliphatic rings. The second kappa shape index (κ2) is 4.78. The van der Waals surface area contributed by atoms with Gasteiger partial charge in [0.25, 0.3) is 0 Å². The van der Waals surface area contributed by atoms with Crippen molar-refractivity contribution in [3.05, 3.63) is 35.4 Å². The van der Waals surface area contributed by atoms with Crippen LogP contribution in [0.5, 0.6) is 0 Å². The minimum absolute atomic E-state index is 0.0375. The van der Waals surface area contributed by atoms with Gasteiger partial charge in [-0.15, -0.1) is 0 Å². The molecular formula is C12H14BrF3. The molecule has 0 atom stereocenters. The molecule has 0 saturated carbocycles. The number of hydrogen-bond donors (Lipinski definition) is 0. The van der Waals surface area contributed by atoms with Crippen LogP contribution in [0.3, 0.4) is 0 Å². The van der Waals surface area contributed by atoms with Gasteiger partial charge in [0.1, 0.15) is 0 Å². The standard InChI is InChI=1S/C12H14BrF3/c1-11(2,8-13)7-9-4-3-5-10(6-9)12(14,15)16/h3-6H,7-8H2,1-2H3. The minimum atomic E-state index is -4.26. The Kier molecular flexibility index (Phi) is 4.05. The number of rotatable bonds is 3. The molecule has 0 N–H and O–H groups in total. The summed E-state index contributed by atoms with van der Waals surface area (Å²) in [5.41, 5.74) is 0.110. The van der Waals surface area contributed by atoms with Crippen molar-refractivity contribution in [2.45, 2.75) is 26.4 Å². The molecule has 16 heavy (non-hydrogen) atoms. The van der Waals surface area contributed by atoms with Crippen molar-refractivity contribution in [2.24, 2.45) is 5.41 Å². The lowest BCUT2D eigenvalue weighted by Crippen LogP contribution is -2.17.